The van der Waals surface area contributed by atoms with Crippen LogP contribution in [0.3, 0.4) is 0 Å². The maximum absolute atomic E-state index is 8.82. The van der Waals surface area contributed by atoms with Gasteiger partial charge in [-0.15, -0.1) is 11.8 Å². The van der Waals surface area contributed by atoms with E-state index in [0.717, 1.165) is 0 Å². The predicted octanol–water partition coefficient (Wildman–Crippen LogP) is 0.0668. The SMILES string of the molecule is CSCOCC[C@@H](O)CO. The van der Waals surface area contributed by atoms with Crippen LogP contribution in [0.1, 0.15) is 6.42 Å². The Morgan fingerprint density at radius 2 is 2.30 bits per heavy atom. The van der Waals surface area contributed by atoms with Gasteiger partial charge >= 0.3 is 0 Å². The van der Waals surface area contributed by atoms with Gasteiger partial charge in [0.05, 0.1) is 25.3 Å². The van der Waals surface area contributed by atoms with Gasteiger partial charge in [0, 0.05) is 0 Å². The molecule has 0 heterocycles. The van der Waals surface area contributed by atoms with Crippen LogP contribution in [0.25, 0.3) is 0 Å². The molecule has 0 aliphatic heterocycles. The van der Waals surface area contributed by atoms with E-state index in [0.29, 0.717) is 19.0 Å². The van der Waals surface area contributed by atoms with E-state index in [2.05, 4.69) is 0 Å². The summed E-state index contributed by atoms with van der Waals surface area (Å²) >= 11 is 1.59. The van der Waals surface area contributed by atoms with E-state index < -0.39 is 6.10 Å². The molecule has 0 fully saturated rings. The van der Waals surface area contributed by atoms with Gasteiger partial charge < -0.3 is 14.9 Å². The minimum atomic E-state index is -0.623. The van der Waals surface area contributed by atoms with Gasteiger partial charge in [-0.25, -0.2) is 0 Å². The van der Waals surface area contributed by atoms with Crippen molar-refractivity contribution < 1.29 is 14.9 Å². The van der Waals surface area contributed by atoms with E-state index in [1.54, 1.807) is 11.8 Å². The lowest BCUT2D eigenvalue weighted by Crippen LogP contribution is -2.14. The van der Waals surface area contributed by atoms with Crippen LogP contribution >= 0.6 is 11.8 Å². The van der Waals surface area contributed by atoms with E-state index in [-0.39, 0.29) is 6.61 Å². The van der Waals surface area contributed by atoms with E-state index in [9.17, 15) is 0 Å². The Morgan fingerprint density at radius 3 is 2.80 bits per heavy atom. The van der Waals surface area contributed by atoms with E-state index >= 15 is 0 Å². The van der Waals surface area contributed by atoms with Crippen molar-refractivity contribution in [1.82, 2.24) is 0 Å². The molecule has 0 rings (SSSR count). The number of aliphatic hydroxyl groups excluding tert-OH is 2. The molecule has 0 aromatic rings. The van der Waals surface area contributed by atoms with Crippen LogP contribution in [0, 0.1) is 0 Å². The third kappa shape index (κ3) is 6.35. The Morgan fingerprint density at radius 1 is 1.60 bits per heavy atom. The lowest BCUT2D eigenvalue weighted by Gasteiger charge is -2.05. The maximum Gasteiger partial charge on any atom is 0.0918 e. The van der Waals surface area contributed by atoms with Crippen LogP contribution in [0.2, 0.25) is 0 Å². The molecule has 3 nitrogen and oxygen atoms in total. The highest BCUT2D eigenvalue weighted by Gasteiger charge is 1.99. The molecule has 62 valence electrons. The van der Waals surface area contributed by atoms with Gasteiger partial charge in [-0.1, -0.05) is 0 Å². The highest BCUT2D eigenvalue weighted by atomic mass is 32.2. The van der Waals surface area contributed by atoms with E-state index in [1.165, 1.54) is 0 Å². The van der Waals surface area contributed by atoms with Crippen molar-refractivity contribution >= 4 is 11.8 Å². The average molecular weight is 166 g/mol. The standard InChI is InChI=1S/C6H14O3S/c1-10-5-9-3-2-6(8)4-7/h6-8H,2-5H2,1H3/t6-/m1/s1. The van der Waals surface area contributed by atoms with Crippen LogP contribution in [0.5, 0.6) is 0 Å². The van der Waals surface area contributed by atoms with Gasteiger partial charge in [-0.05, 0) is 12.7 Å². The van der Waals surface area contributed by atoms with Crippen molar-refractivity contribution in [3.63, 3.8) is 0 Å². The minimum Gasteiger partial charge on any atom is -0.394 e. The molecule has 0 unspecified atom stereocenters. The normalized spacial score (nSPS) is 13.5. The molecule has 10 heavy (non-hydrogen) atoms. The Bertz CT molecular complexity index is 70.0. The minimum absolute atomic E-state index is 0.178. The number of ether oxygens (including phenoxy) is 1. The van der Waals surface area contributed by atoms with Crippen LogP contribution in [-0.2, 0) is 4.74 Å². The number of thioether (sulfide) groups is 1. The Balaban J connectivity index is 2.89. The van der Waals surface area contributed by atoms with Gasteiger partial charge in [0.25, 0.3) is 0 Å². The number of rotatable bonds is 6. The molecular weight excluding hydrogens is 152 g/mol. The topological polar surface area (TPSA) is 49.7 Å². The molecule has 0 aliphatic rings. The molecule has 0 saturated carbocycles. The fraction of sp³-hybridized carbons (Fsp3) is 1.00. The largest absolute Gasteiger partial charge is 0.394 e. The molecule has 0 bridgehead atoms. The van der Waals surface area contributed by atoms with Gasteiger partial charge in [-0.2, -0.15) is 0 Å². The molecular formula is C6H14O3S. The highest BCUT2D eigenvalue weighted by Crippen LogP contribution is 1.95. The lowest BCUT2D eigenvalue weighted by atomic mass is 10.3. The fourth-order valence-electron chi connectivity index (χ4n) is 0.453. The zero-order chi connectivity index (χ0) is 7.82. The summed E-state index contributed by atoms with van der Waals surface area (Å²) < 4.78 is 5.05. The first kappa shape index (κ1) is 10.2. The molecule has 0 amide bonds. The predicted molar refractivity (Wildman–Crippen MR) is 42.0 cm³/mol. The molecule has 4 heteroatoms. The summed E-state index contributed by atoms with van der Waals surface area (Å²) in [5, 5.41) is 17.2. The molecule has 0 radical (unpaired) electrons. The number of hydrogen-bond donors (Lipinski definition) is 2. The third-order valence-electron chi connectivity index (χ3n) is 1.01. The van der Waals surface area contributed by atoms with E-state index in [4.69, 9.17) is 14.9 Å². The molecule has 0 aromatic heterocycles. The van der Waals surface area contributed by atoms with Crippen molar-refractivity contribution in [2.24, 2.45) is 0 Å². The monoisotopic (exact) mass is 166 g/mol. The number of hydrogen-bond acceptors (Lipinski definition) is 4. The maximum atomic E-state index is 8.82. The van der Waals surface area contributed by atoms with Crippen molar-refractivity contribution in [1.29, 1.82) is 0 Å². The fourth-order valence-corrected chi connectivity index (χ4v) is 0.737. The van der Waals surface area contributed by atoms with Crippen molar-refractivity contribution in [2.45, 2.75) is 12.5 Å². The Labute approximate surface area is 65.4 Å². The second-order valence-corrected chi connectivity index (χ2v) is 2.75. The molecule has 0 aliphatic carbocycles. The highest BCUT2D eigenvalue weighted by molar-refractivity contribution is 7.98. The van der Waals surface area contributed by atoms with Crippen LogP contribution in [-0.4, -0.2) is 41.7 Å². The molecule has 0 spiro atoms. The van der Waals surface area contributed by atoms with Crippen LogP contribution in [0.15, 0.2) is 0 Å². The first-order chi connectivity index (χ1) is 4.81. The Kier molecular flexibility index (Phi) is 7.51. The second kappa shape index (κ2) is 7.34. The summed E-state index contributed by atoms with van der Waals surface area (Å²) in [6.07, 6.45) is 1.83. The first-order valence-corrected chi connectivity index (χ1v) is 4.56. The summed E-state index contributed by atoms with van der Waals surface area (Å²) in [7, 11) is 0. The molecule has 0 saturated heterocycles. The molecule has 1 atom stereocenters. The summed E-state index contributed by atoms with van der Waals surface area (Å²) in [6, 6.07) is 0. The second-order valence-electron chi connectivity index (χ2n) is 1.94. The average Bonchev–Trinajstić information content (AvgIpc) is 1.98. The van der Waals surface area contributed by atoms with Crippen LogP contribution in [0.4, 0.5) is 0 Å². The third-order valence-corrected chi connectivity index (χ3v) is 1.41. The lowest BCUT2D eigenvalue weighted by molar-refractivity contribution is 0.0593. The summed E-state index contributed by atoms with van der Waals surface area (Å²) in [4.78, 5) is 0. The zero-order valence-electron chi connectivity index (χ0n) is 6.12. The summed E-state index contributed by atoms with van der Waals surface area (Å²) in [6.45, 7) is 0.338. The summed E-state index contributed by atoms with van der Waals surface area (Å²) in [5.74, 6) is 0.651. The molecule has 2 N–H and O–H groups in total. The smallest absolute Gasteiger partial charge is 0.0918 e. The van der Waals surface area contributed by atoms with Gasteiger partial charge in [-0.3, -0.25) is 0 Å². The first-order valence-electron chi connectivity index (χ1n) is 3.17. The quantitative estimate of drug-likeness (QED) is 0.433. The van der Waals surface area contributed by atoms with Crippen molar-refractivity contribution in [3.8, 4) is 0 Å². The van der Waals surface area contributed by atoms with Crippen molar-refractivity contribution in [3.05, 3.63) is 0 Å². The van der Waals surface area contributed by atoms with Gasteiger partial charge in [0.1, 0.15) is 0 Å². The Hall–Kier alpha value is 0.230. The van der Waals surface area contributed by atoms with Crippen LogP contribution < -0.4 is 0 Å². The van der Waals surface area contributed by atoms with E-state index in [1.807, 2.05) is 6.26 Å². The summed E-state index contributed by atoms with van der Waals surface area (Å²) in [5.41, 5.74) is 0. The van der Waals surface area contributed by atoms with Gasteiger partial charge in [0.2, 0.25) is 0 Å². The van der Waals surface area contributed by atoms with Crippen molar-refractivity contribution in [2.75, 3.05) is 25.4 Å². The molecule has 0 aromatic carbocycles. The van der Waals surface area contributed by atoms with Gasteiger partial charge in [0.15, 0.2) is 0 Å². The zero-order valence-corrected chi connectivity index (χ0v) is 6.93. The number of aliphatic hydroxyl groups is 2.